The van der Waals surface area contributed by atoms with E-state index in [0.717, 1.165) is 12.8 Å². The van der Waals surface area contributed by atoms with E-state index in [1.165, 1.54) is 239 Å². The van der Waals surface area contributed by atoms with Gasteiger partial charge in [0.1, 0.15) is 0 Å². The lowest BCUT2D eigenvalue weighted by atomic mass is 9.69. The van der Waals surface area contributed by atoms with Gasteiger partial charge in [-0.15, -0.1) is 0 Å². The van der Waals surface area contributed by atoms with Crippen LogP contribution in [0.3, 0.4) is 0 Å². The molecule has 7 aliphatic carbocycles. The molecular formula is C116H78N2. The molecule has 2 spiro atoms. The van der Waals surface area contributed by atoms with Crippen molar-refractivity contribution in [2.24, 2.45) is 0 Å². The number of benzene rings is 17. The predicted molar refractivity (Wildman–Crippen MR) is 491 cm³/mol. The summed E-state index contributed by atoms with van der Waals surface area (Å²) in [5, 5.41) is 5.04. The average molecular weight is 1500 g/mol. The molecule has 2 heteroatoms. The Hall–Kier alpha value is -14.2. The topological polar surface area (TPSA) is 9.86 Å². The second-order valence-electron chi connectivity index (χ2n) is 35.1. The lowest BCUT2D eigenvalue weighted by molar-refractivity contribution is 0.607. The van der Waals surface area contributed by atoms with Gasteiger partial charge in [0.15, 0.2) is 0 Å². The van der Waals surface area contributed by atoms with Crippen molar-refractivity contribution in [3.05, 3.63) is 448 Å². The van der Waals surface area contributed by atoms with E-state index < -0.39 is 10.8 Å². The standard InChI is InChI=1S/C116H78N2/c1-113(2)97-29-13-5-21-81(97)87-57-51-79(67-103(87)113)117-109-35-19-11-27-93(109)95-61-73(49-59-111(95)117)69-37-41-71(42-38-69)75-45-53-89-91-55-47-77(65-107(91)115(105(89)63-75)99-31-15-7-23-83(99)84-24-8-16-32-100(84)115)78-48-56-92-90-54-46-76(64-106(90)116(108(92)66-78)101-33-17-9-25-85(101)86-26-10-18-34-102(86)116)72-43-39-70(40-44-72)74-50-60-112-96(62-74)94-28-12-20-36-110(94)118(112)80-52-58-88-82-22-6-14-30-98(82)114(3,4)104(88)68-80/h5-13,15-29,31-68H,14,30H2,1-4H3. The number of hydrogen-bond donors (Lipinski definition) is 0. The van der Waals surface area contributed by atoms with E-state index in [0.29, 0.717) is 0 Å². The maximum atomic E-state index is 2.57. The Bertz CT molecular complexity index is 7670. The molecule has 2 aromatic heterocycles. The van der Waals surface area contributed by atoms with Crippen LogP contribution in [0.25, 0.3) is 172 Å². The van der Waals surface area contributed by atoms with Gasteiger partial charge in [-0.05, 0) is 281 Å². The quantitative estimate of drug-likeness (QED) is 0.151. The van der Waals surface area contributed by atoms with Crippen LogP contribution in [0.4, 0.5) is 0 Å². The minimum absolute atomic E-state index is 0.00766. The summed E-state index contributed by atoms with van der Waals surface area (Å²) in [7, 11) is 0. The van der Waals surface area contributed by atoms with E-state index in [-0.39, 0.29) is 10.8 Å². The molecule has 26 rings (SSSR count). The van der Waals surface area contributed by atoms with Gasteiger partial charge in [-0.25, -0.2) is 0 Å². The first-order chi connectivity index (χ1) is 58.0. The number of nitrogens with zero attached hydrogens (tertiary/aromatic N) is 2. The summed E-state index contributed by atoms with van der Waals surface area (Å²) in [4.78, 5) is 0. The second-order valence-corrected chi connectivity index (χ2v) is 35.1. The van der Waals surface area contributed by atoms with Crippen LogP contribution in [0.15, 0.2) is 382 Å². The van der Waals surface area contributed by atoms with Crippen molar-refractivity contribution in [2.45, 2.75) is 62.2 Å². The van der Waals surface area contributed by atoms with Crippen LogP contribution in [0, 0.1) is 0 Å². The maximum Gasteiger partial charge on any atom is 0.0725 e. The molecule has 0 aliphatic heterocycles. The highest BCUT2D eigenvalue weighted by Gasteiger charge is 2.54. The lowest BCUT2D eigenvalue weighted by Gasteiger charge is -2.31. The monoisotopic (exact) mass is 1500 g/mol. The van der Waals surface area contributed by atoms with Crippen molar-refractivity contribution in [1.29, 1.82) is 0 Å². The highest BCUT2D eigenvalue weighted by Crippen LogP contribution is 2.67. The van der Waals surface area contributed by atoms with Crippen LogP contribution in [0.2, 0.25) is 0 Å². The smallest absolute Gasteiger partial charge is 0.0725 e. The van der Waals surface area contributed by atoms with Crippen molar-refractivity contribution in [1.82, 2.24) is 9.13 Å². The highest BCUT2D eigenvalue weighted by atomic mass is 15.0. The molecule has 7 aliphatic rings. The third-order valence-corrected chi connectivity index (χ3v) is 28.9. The molecule has 0 fully saturated rings. The minimum atomic E-state index is -0.571. The van der Waals surface area contributed by atoms with Gasteiger partial charge in [-0.1, -0.05) is 324 Å². The number of aromatic nitrogens is 2. The Labute approximate surface area is 686 Å². The Kier molecular flexibility index (Phi) is 13.3. The fraction of sp³-hybridized carbons (Fsp3) is 0.0862. The molecule has 0 amide bonds. The van der Waals surface area contributed by atoms with Gasteiger partial charge in [-0.3, -0.25) is 0 Å². The van der Waals surface area contributed by atoms with Crippen LogP contribution >= 0.6 is 0 Å². The fourth-order valence-electron chi connectivity index (χ4n) is 23.6. The van der Waals surface area contributed by atoms with Crippen molar-refractivity contribution in [3.63, 3.8) is 0 Å². The molecule has 0 N–H and O–H groups in total. The van der Waals surface area contributed by atoms with Gasteiger partial charge in [-0.2, -0.15) is 0 Å². The van der Waals surface area contributed by atoms with Gasteiger partial charge in [0.2, 0.25) is 0 Å². The van der Waals surface area contributed by atoms with Crippen molar-refractivity contribution in [3.8, 4) is 123 Å². The Morgan fingerprint density at radius 2 is 0.500 bits per heavy atom. The van der Waals surface area contributed by atoms with Crippen molar-refractivity contribution < 1.29 is 0 Å². The van der Waals surface area contributed by atoms with Gasteiger partial charge < -0.3 is 9.13 Å². The molecule has 2 heterocycles. The largest absolute Gasteiger partial charge is 0.309 e. The molecule has 2 nitrogen and oxygen atoms in total. The van der Waals surface area contributed by atoms with E-state index in [1.807, 2.05) is 0 Å². The fourth-order valence-corrected chi connectivity index (χ4v) is 23.6. The summed E-state index contributed by atoms with van der Waals surface area (Å²) < 4.78 is 4.96. The molecule has 0 bridgehead atoms. The molecular weight excluding hydrogens is 1420 g/mol. The molecule has 0 saturated carbocycles. The first-order valence-corrected chi connectivity index (χ1v) is 42.1. The summed E-state index contributed by atoms with van der Waals surface area (Å²) in [5.41, 5.74) is 50.3. The minimum Gasteiger partial charge on any atom is -0.309 e. The van der Waals surface area contributed by atoms with Crippen LogP contribution in [-0.2, 0) is 21.7 Å². The van der Waals surface area contributed by atoms with Gasteiger partial charge in [0.25, 0.3) is 0 Å². The number of para-hydroxylation sites is 2. The van der Waals surface area contributed by atoms with Crippen molar-refractivity contribution >= 4 is 49.2 Å². The molecule has 17 aromatic carbocycles. The molecule has 19 aromatic rings. The SMILES string of the molecule is CC1(C)C2=C(C=CCC2)c2ccc(-n3c4ccccc4c4cc(-c5ccc(-c6ccc7c(c6)C6(c8ccccc8-c8ccccc86)c6cc(-c8ccc9c(c8)C8(c%10ccccc%10-c%10ccccc%108)c8cc(-c%10ccc(-c%11ccc%12c(c%11)c%11ccccc%11n%12-c%11ccc%12c(c%11)C(C)(C)c%11ccccc%11-%12)cc%10)ccc8-9)ccc6-7)cc5)ccc43)cc21. The predicted octanol–water partition coefficient (Wildman–Crippen LogP) is 29.6. The third-order valence-electron chi connectivity index (χ3n) is 28.9. The summed E-state index contributed by atoms with van der Waals surface area (Å²) in [5.74, 6) is 0. The zero-order valence-electron chi connectivity index (χ0n) is 66.1. The van der Waals surface area contributed by atoms with Gasteiger partial charge in [0.05, 0.1) is 32.9 Å². The van der Waals surface area contributed by atoms with E-state index in [4.69, 9.17) is 0 Å². The first kappa shape index (κ1) is 66.1. The molecule has 0 saturated heterocycles. The van der Waals surface area contributed by atoms with Crippen LogP contribution in [0.5, 0.6) is 0 Å². The van der Waals surface area contributed by atoms with E-state index >= 15 is 0 Å². The highest BCUT2D eigenvalue weighted by molar-refractivity contribution is 6.13. The number of allylic oxidation sites excluding steroid dienone is 4. The first-order valence-electron chi connectivity index (χ1n) is 42.1. The van der Waals surface area contributed by atoms with Gasteiger partial charge >= 0.3 is 0 Å². The van der Waals surface area contributed by atoms with E-state index in [9.17, 15) is 0 Å². The van der Waals surface area contributed by atoms with E-state index in [2.05, 4.69) is 413 Å². The molecule has 0 radical (unpaired) electrons. The number of rotatable bonds is 7. The van der Waals surface area contributed by atoms with Crippen LogP contribution in [0.1, 0.15) is 107 Å². The Morgan fingerprint density at radius 1 is 0.212 bits per heavy atom. The average Bonchev–Trinajstić information content (AvgIpc) is 1.52. The van der Waals surface area contributed by atoms with Gasteiger partial charge in [0, 0.05) is 43.7 Å². The van der Waals surface area contributed by atoms with Crippen molar-refractivity contribution in [2.75, 3.05) is 0 Å². The number of hydrogen-bond acceptors (Lipinski definition) is 0. The van der Waals surface area contributed by atoms with E-state index in [1.54, 1.807) is 5.57 Å². The second kappa shape index (κ2) is 23.8. The molecule has 118 heavy (non-hydrogen) atoms. The Balaban J connectivity index is 0.554. The molecule has 0 unspecified atom stereocenters. The zero-order chi connectivity index (χ0) is 77.8. The summed E-state index contributed by atoms with van der Waals surface area (Å²) in [6.45, 7) is 9.58. The van der Waals surface area contributed by atoms with Crippen LogP contribution in [-0.4, -0.2) is 9.13 Å². The molecule has 0 atom stereocenters. The third kappa shape index (κ3) is 8.65. The summed E-state index contributed by atoms with van der Waals surface area (Å²) in [6.07, 6.45) is 6.96. The normalized spacial score (nSPS) is 15.4. The maximum absolute atomic E-state index is 2.57. The summed E-state index contributed by atoms with van der Waals surface area (Å²) >= 11 is 0. The van der Waals surface area contributed by atoms with Crippen LogP contribution < -0.4 is 0 Å². The molecule has 552 valence electrons. The lowest BCUT2D eigenvalue weighted by Crippen LogP contribution is -2.26. The Morgan fingerprint density at radius 3 is 0.915 bits per heavy atom. The zero-order valence-corrected chi connectivity index (χ0v) is 66.1. The number of fused-ring (bicyclic) bond motifs is 31. The summed E-state index contributed by atoms with van der Waals surface area (Å²) in [6, 6.07) is 140.